The molecule has 0 N–H and O–H groups in total. The van der Waals surface area contributed by atoms with E-state index in [1.54, 1.807) is 0 Å². The number of rotatable bonds is 2. The zero-order chi connectivity index (χ0) is 14.3. The Hall–Kier alpha value is -0.650. The lowest BCUT2D eigenvalue weighted by molar-refractivity contribution is 0.00612. The third-order valence-electron chi connectivity index (χ3n) is 3.70. The van der Waals surface area contributed by atoms with E-state index in [1.165, 1.54) is 0 Å². The van der Waals surface area contributed by atoms with Crippen LogP contribution in [-0.4, -0.2) is 27.2 Å². The highest BCUT2D eigenvalue weighted by Crippen LogP contribution is 2.33. The monoisotopic (exact) mass is 357 g/mol. The predicted molar refractivity (Wildman–Crippen MR) is 83.2 cm³/mol. The topological polar surface area (TPSA) is 39.9 Å². The Morgan fingerprint density at radius 2 is 2.35 bits per heavy atom. The first kappa shape index (κ1) is 14.3. The molecule has 2 aromatic rings. The SMILES string of the molecule is CC1CC(n2c(C(C)Cl)nc3cc(Br)cnc32)CCO1. The van der Waals surface area contributed by atoms with E-state index in [-0.39, 0.29) is 11.5 Å². The highest BCUT2D eigenvalue weighted by atomic mass is 79.9. The maximum atomic E-state index is 6.32. The van der Waals surface area contributed by atoms with Gasteiger partial charge in [-0.05, 0) is 48.7 Å². The first-order chi connectivity index (χ1) is 9.56. The van der Waals surface area contributed by atoms with Crippen molar-refractivity contribution in [2.75, 3.05) is 6.61 Å². The number of nitrogens with zero attached hydrogens (tertiary/aromatic N) is 3. The van der Waals surface area contributed by atoms with Gasteiger partial charge in [-0.25, -0.2) is 9.97 Å². The van der Waals surface area contributed by atoms with Crippen molar-refractivity contribution in [3.05, 3.63) is 22.6 Å². The molecule has 0 spiro atoms. The molecule has 0 saturated carbocycles. The molecule has 2 aromatic heterocycles. The number of pyridine rings is 1. The lowest BCUT2D eigenvalue weighted by Gasteiger charge is -2.29. The number of alkyl halides is 1. The molecule has 0 aliphatic carbocycles. The molecule has 0 radical (unpaired) electrons. The third-order valence-corrected chi connectivity index (χ3v) is 4.33. The van der Waals surface area contributed by atoms with E-state index < -0.39 is 0 Å². The normalized spacial score (nSPS) is 25.0. The Labute approximate surface area is 131 Å². The maximum Gasteiger partial charge on any atom is 0.160 e. The van der Waals surface area contributed by atoms with Crippen molar-refractivity contribution >= 4 is 38.7 Å². The number of fused-ring (bicyclic) bond motifs is 1. The van der Waals surface area contributed by atoms with E-state index in [2.05, 4.69) is 37.4 Å². The minimum atomic E-state index is -0.138. The number of aromatic nitrogens is 3. The van der Waals surface area contributed by atoms with Gasteiger partial charge >= 0.3 is 0 Å². The Morgan fingerprint density at radius 1 is 1.55 bits per heavy atom. The molecule has 0 amide bonds. The molecule has 1 aliphatic heterocycles. The summed E-state index contributed by atoms with van der Waals surface area (Å²) in [7, 11) is 0. The van der Waals surface area contributed by atoms with Crippen LogP contribution in [0.15, 0.2) is 16.7 Å². The lowest BCUT2D eigenvalue weighted by Crippen LogP contribution is -2.26. The van der Waals surface area contributed by atoms with Gasteiger partial charge in [-0.2, -0.15) is 0 Å². The molecule has 20 heavy (non-hydrogen) atoms. The molecular formula is C14H17BrClN3O. The van der Waals surface area contributed by atoms with Crippen molar-refractivity contribution in [2.24, 2.45) is 0 Å². The second kappa shape index (κ2) is 5.62. The molecule has 6 heteroatoms. The molecular weight excluding hydrogens is 342 g/mol. The molecule has 0 bridgehead atoms. The van der Waals surface area contributed by atoms with Crippen molar-refractivity contribution in [3.63, 3.8) is 0 Å². The standard InChI is InChI=1S/C14H17BrClN3O/c1-8-5-11(3-4-20-8)19-13(9(2)16)18-12-6-10(15)7-17-14(12)19/h6-9,11H,3-5H2,1-2H3. The summed E-state index contributed by atoms with van der Waals surface area (Å²) in [5.41, 5.74) is 1.80. The summed E-state index contributed by atoms with van der Waals surface area (Å²) in [6, 6.07) is 2.35. The molecule has 4 nitrogen and oxygen atoms in total. The van der Waals surface area contributed by atoms with Crippen LogP contribution >= 0.6 is 27.5 Å². The summed E-state index contributed by atoms with van der Waals surface area (Å²) in [5, 5.41) is -0.138. The summed E-state index contributed by atoms with van der Waals surface area (Å²) in [5.74, 6) is 0.895. The highest BCUT2D eigenvalue weighted by Gasteiger charge is 2.27. The summed E-state index contributed by atoms with van der Waals surface area (Å²) in [4.78, 5) is 9.21. The molecule has 3 atom stereocenters. The van der Waals surface area contributed by atoms with Gasteiger partial charge in [0.25, 0.3) is 0 Å². The molecule has 1 saturated heterocycles. The molecule has 1 fully saturated rings. The number of imidazole rings is 1. The summed E-state index contributed by atoms with van der Waals surface area (Å²) in [6.07, 6.45) is 4.02. The maximum absolute atomic E-state index is 6.32. The smallest absolute Gasteiger partial charge is 0.160 e. The Bertz CT molecular complexity index is 628. The van der Waals surface area contributed by atoms with E-state index >= 15 is 0 Å². The molecule has 3 unspecified atom stereocenters. The fraction of sp³-hybridized carbons (Fsp3) is 0.571. The third kappa shape index (κ3) is 2.59. The van der Waals surface area contributed by atoms with Gasteiger partial charge in [0.1, 0.15) is 11.3 Å². The van der Waals surface area contributed by atoms with Crippen LogP contribution in [0, 0.1) is 0 Å². The second-order valence-electron chi connectivity index (χ2n) is 5.31. The number of ether oxygens (including phenoxy) is 1. The number of hydrogen-bond donors (Lipinski definition) is 0. The van der Waals surface area contributed by atoms with Crippen molar-refractivity contribution < 1.29 is 4.74 Å². The first-order valence-corrected chi connectivity index (χ1v) is 8.08. The van der Waals surface area contributed by atoms with Gasteiger partial charge < -0.3 is 9.30 Å². The van der Waals surface area contributed by atoms with Crippen molar-refractivity contribution in [1.82, 2.24) is 14.5 Å². The van der Waals surface area contributed by atoms with Crippen LogP contribution in [0.3, 0.4) is 0 Å². The van der Waals surface area contributed by atoms with Crippen LogP contribution < -0.4 is 0 Å². The number of hydrogen-bond acceptors (Lipinski definition) is 3. The van der Waals surface area contributed by atoms with Gasteiger partial charge in [0.05, 0.1) is 11.5 Å². The Kier molecular flexibility index (Phi) is 4.02. The average Bonchev–Trinajstić information content (AvgIpc) is 2.77. The quantitative estimate of drug-likeness (QED) is 0.754. The summed E-state index contributed by atoms with van der Waals surface area (Å²) < 4.78 is 8.78. The largest absolute Gasteiger partial charge is 0.378 e. The van der Waals surface area contributed by atoms with Gasteiger partial charge in [0, 0.05) is 23.3 Å². The first-order valence-electron chi connectivity index (χ1n) is 6.85. The molecule has 108 valence electrons. The second-order valence-corrected chi connectivity index (χ2v) is 6.88. The van der Waals surface area contributed by atoms with E-state index in [0.29, 0.717) is 6.04 Å². The Balaban J connectivity index is 2.13. The van der Waals surface area contributed by atoms with Crippen LogP contribution in [0.25, 0.3) is 11.2 Å². The zero-order valence-corrected chi connectivity index (χ0v) is 13.9. The fourth-order valence-corrected chi connectivity index (χ4v) is 3.30. The molecule has 1 aliphatic rings. The summed E-state index contributed by atoms with van der Waals surface area (Å²) >= 11 is 9.77. The minimum Gasteiger partial charge on any atom is -0.378 e. The van der Waals surface area contributed by atoms with E-state index in [4.69, 9.17) is 16.3 Å². The average molecular weight is 359 g/mol. The molecule has 3 heterocycles. The van der Waals surface area contributed by atoms with Gasteiger partial charge in [-0.15, -0.1) is 11.6 Å². The van der Waals surface area contributed by atoms with Crippen molar-refractivity contribution in [2.45, 2.75) is 44.2 Å². The minimum absolute atomic E-state index is 0.138. The zero-order valence-electron chi connectivity index (χ0n) is 11.5. The number of halogens is 2. The van der Waals surface area contributed by atoms with Gasteiger partial charge in [0.15, 0.2) is 5.65 Å². The van der Waals surface area contributed by atoms with Crippen molar-refractivity contribution in [3.8, 4) is 0 Å². The van der Waals surface area contributed by atoms with E-state index in [9.17, 15) is 0 Å². The predicted octanol–water partition coefficient (Wildman–Crippen LogP) is 4.23. The molecule has 3 rings (SSSR count). The van der Waals surface area contributed by atoms with E-state index in [0.717, 1.165) is 40.9 Å². The van der Waals surface area contributed by atoms with Gasteiger partial charge in [0.2, 0.25) is 0 Å². The summed E-state index contributed by atoms with van der Waals surface area (Å²) in [6.45, 7) is 4.84. The fourth-order valence-electron chi connectivity index (χ4n) is 2.82. The van der Waals surface area contributed by atoms with Crippen LogP contribution in [0.5, 0.6) is 0 Å². The Morgan fingerprint density at radius 3 is 3.05 bits per heavy atom. The van der Waals surface area contributed by atoms with Crippen molar-refractivity contribution in [1.29, 1.82) is 0 Å². The lowest BCUT2D eigenvalue weighted by atomic mass is 10.0. The van der Waals surface area contributed by atoms with E-state index in [1.807, 2.05) is 19.2 Å². The van der Waals surface area contributed by atoms with Crippen LogP contribution in [0.2, 0.25) is 0 Å². The van der Waals surface area contributed by atoms with Gasteiger partial charge in [-0.1, -0.05) is 0 Å². The van der Waals surface area contributed by atoms with Crippen LogP contribution in [0.1, 0.15) is 43.9 Å². The molecule has 0 aromatic carbocycles. The van der Waals surface area contributed by atoms with Crippen LogP contribution in [-0.2, 0) is 4.74 Å². The van der Waals surface area contributed by atoms with Gasteiger partial charge in [-0.3, -0.25) is 0 Å². The van der Waals surface area contributed by atoms with Crippen LogP contribution in [0.4, 0.5) is 0 Å². The highest BCUT2D eigenvalue weighted by molar-refractivity contribution is 9.10.